The number of nitrogens with one attached hydrogen (secondary N) is 2. The Labute approximate surface area is 270 Å². The fourth-order valence-electron chi connectivity index (χ4n) is 6.35. The molecule has 1 aromatic carbocycles. The summed E-state index contributed by atoms with van der Waals surface area (Å²) in [7, 11) is 1.95. The number of rotatable bonds is 10. The maximum atomic E-state index is 13.7. The fraction of sp³-hybridized carbons (Fsp3) is 0.364. The van der Waals surface area contributed by atoms with E-state index in [1.54, 1.807) is 25.4 Å². The van der Waals surface area contributed by atoms with E-state index in [0.29, 0.717) is 40.7 Å². The van der Waals surface area contributed by atoms with Crippen molar-refractivity contribution >= 4 is 52.3 Å². The van der Waals surface area contributed by atoms with Crippen LogP contribution < -0.4 is 15.4 Å². The number of carbonyl (C=O) groups is 3. The second kappa shape index (κ2) is 12.9. The van der Waals surface area contributed by atoms with E-state index in [2.05, 4.69) is 30.6 Å². The van der Waals surface area contributed by atoms with Gasteiger partial charge in [0.25, 0.3) is 11.8 Å². The first kappa shape index (κ1) is 31.2. The smallest absolute Gasteiger partial charge is 0.328 e. The molecule has 2 aliphatic rings. The molecule has 0 unspecified atom stereocenters. The van der Waals surface area contributed by atoms with Crippen LogP contribution in [0.5, 0.6) is 5.88 Å². The molecular formula is C33H34ClN7O5. The van der Waals surface area contributed by atoms with Gasteiger partial charge in [0, 0.05) is 48.2 Å². The number of aryl methyl sites for hydroxylation is 1. The number of fused-ring (bicyclic) bond motifs is 1. The van der Waals surface area contributed by atoms with Crippen molar-refractivity contribution in [2.45, 2.75) is 63.3 Å². The number of benzene rings is 1. The maximum Gasteiger partial charge on any atom is 0.328 e. The molecule has 4 aromatic rings. The zero-order valence-electron chi connectivity index (χ0n) is 25.5. The van der Waals surface area contributed by atoms with Crippen molar-refractivity contribution in [2.75, 3.05) is 11.9 Å². The van der Waals surface area contributed by atoms with E-state index < -0.39 is 17.4 Å². The number of halogens is 1. The molecule has 0 atom stereocenters. The highest BCUT2D eigenvalue weighted by atomic mass is 35.5. The lowest BCUT2D eigenvalue weighted by Crippen LogP contribution is -2.61. The van der Waals surface area contributed by atoms with Crippen molar-refractivity contribution in [3.63, 3.8) is 0 Å². The minimum Gasteiger partial charge on any atom is -0.478 e. The standard InChI is InChI=1S/C33H34ClN7O5/c1-3-46-30-21(10-12-25(42)43)16-37-32(38-30)39-31(45)33(13-6-14-33)40-29(44)20-9-11-23-24(15-20)41(2)27(26(23)19-7-4-5-8-19)28-35-17-22(34)18-36-28/h9-12,15-19H,3-8,13-14H2,1-2H3,(H,40,44)(H,42,43)(H,37,38,39,45)/b12-10+. The normalized spacial score (nSPS) is 16.0. The van der Waals surface area contributed by atoms with Crippen molar-refractivity contribution in [2.24, 2.45) is 7.05 Å². The van der Waals surface area contributed by atoms with Crippen molar-refractivity contribution in [1.82, 2.24) is 29.8 Å². The molecule has 13 heteroatoms. The van der Waals surface area contributed by atoms with Crippen LogP contribution in [0, 0.1) is 0 Å². The molecule has 0 spiro atoms. The Balaban J connectivity index is 1.26. The molecule has 3 N–H and O–H groups in total. The van der Waals surface area contributed by atoms with Gasteiger partial charge in [0.15, 0.2) is 5.82 Å². The molecule has 0 saturated heterocycles. The summed E-state index contributed by atoms with van der Waals surface area (Å²) in [6.07, 6.45) is 13.0. The van der Waals surface area contributed by atoms with E-state index in [9.17, 15) is 14.4 Å². The van der Waals surface area contributed by atoms with Gasteiger partial charge in [-0.15, -0.1) is 0 Å². The molecule has 0 radical (unpaired) electrons. The average molecular weight is 644 g/mol. The highest BCUT2D eigenvalue weighted by Crippen LogP contribution is 2.44. The molecule has 3 aromatic heterocycles. The van der Waals surface area contributed by atoms with Crippen LogP contribution in [0.25, 0.3) is 28.5 Å². The third-order valence-electron chi connectivity index (χ3n) is 8.78. The number of anilines is 1. The topological polar surface area (TPSA) is 161 Å². The Bertz CT molecular complexity index is 1840. The van der Waals surface area contributed by atoms with Gasteiger partial charge in [0.2, 0.25) is 11.8 Å². The second-order valence-corrected chi connectivity index (χ2v) is 12.1. The SMILES string of the molecule is CCOc1nc(NC(=O)C2(NC(=O)c3ccc4c(C5CCCC5)c(-c5ncc(Cl)cn5)n(C)c4c3)CCC2)ncc1/C=C/C(=O)O. The summed E-state index contributed by atoms with van der Waals surface area (Å²) in [5.41, 5.74) is 2.64. The number of carbonyl (C=O) groups excluding carboxylic acids is 2. The quantitative estimate of drug-likeness (QED) is 0.189. The van der Waals surface area contributed by atoms with Crippen LogP contribution in [0.15, 0.2) is 42.9 Å². The van der Waals surface area contributed by atoms with E-state index in [1.165, 1.54) is 17.8 Å². The number of ether oxygens (including phenoxy) is 1. The third kappa shape index (κ3) is 6.04. The molecule has 2 amide bonds. The largest absolute Gasteiger partial charge is 0.478 e. The Kier molecular flexibility index (Phi) is 8.72. The molecule has 0 aliphatic heterocycles. The van der Waals surface area contributed by atoms with Gasteiger partial charge in [0.05, 0.1) is 22.9 Å². The predicted octanol–water partition coefficient (Wildman–Crippen LogP) is 5.52. The monoisotopic (exact) mass is 643 g/mol. The lowest BCUT2D eigenvalue weighted by Gasteiger charge is -2.40. The van der Waals surface area contributed by atoms with Crippen LogP contribution >= 0.6 is 11.6 Å². The Hall–Kier alpha value is -4.84. The number of aromatic nitrogens is 5. The molecule has 0 bridgehead atoms. The fourth-order valence-corrected chi connectivity index (χ4v) is 6.45. The summed E-state index contributed by atoms with van der Waals surface area (Å²) in [5.74, 6) is -0.854. The second-order valence-electron chi connectivity index (χ2n) is 11.7. The van der Waals surface area contributed by atoms with Crippen LogP contribution in [0.4, 0.5) is 5.95 Å². The summed E-state index contributed by atoms with van der Waals surface area (Å²) in [6, 6.07) is 5.63. The van der Waals surface area contributed by atoms with Crippen LogP contribution in [0.1, 0.15) is 79.3 Å². The number of carboxylic acids is 1. The summed E-state index contributed by atoms with van der Waals surface area (Å²) in [4.78, 5) is 55.6. The number of nitrogens with zero attached hydrogens (tertiary/aromatic N) is 5. The summed E-state index contributed by atoms with van der Waals surface area (Å²) in [5, 5.41) is 16.2. The Morgan fingerprint density at radius 2 is 1.85 bits per heavy atom. The van der Waals surface area contributed by atoms with E-state index in [0.717, 1.165) is 54.8 Å². The highest BCUT2D eigenvalue weighted by molar-refractivity contribution is 6.30. The van der Waals surface area contributed by atoms with Crippen molar-refractivity contribution in [3.8, 4) is 17.4 Å². The van der Waals surface area contributed by atoms with Crippen molar-refractivity contribution in [3.05, 3.63) is 64.6 Å². The Morgan fingerprint density at radius 3 is 2.50 bits per heavy atom. The number of amides is 2. The molecule has 2 aliphatic carbocycles. The minimum atomic E-state index is -1.13. The van der Waals surface area contributed by atoms with E-state index in [-0.39, 0.29) is 24.3 Å². The molecule has 46 heavy (non-hydrogen) atoms. The van der Waals surface area contributed by atoms with E-state index in [1.807, 2.05) is 23.7 Å². The van der Waals surface area contributed by atoms with Gasteiger partial charge in [-0.05, 0) is 68.7 Å². The minimum absolute atomic E-state index is 0.0110. The predicted molar refractivity (Wildman–Crippen MR) is 173 cm³/mol. The lowest BCUT2D eigenvalue weighted by atomic mass is 9.75. The molecule has 3 heterocycles. The first-order valence-electron chi connectivity index (χ1n) is 15.3. The number of carboxylic acid groups (broad SMARTS) is 1. The molecule has 2 fully saturated rings. The van der Waals surface area contributed by atoms with Crippen molar-refractivity contribution < 1.29 is 24.2 Å². The third-order valence-corrected chi connectivity index (χ3v) is 8.98. The lowest BCUT2D eigenvalue weighted by molar-refractivity contribution is -0.131. The van der Waals surface area contributed by atoms with Gasteiger partial charge < -0.3 is 19.7 Å². The van der Waals surface area contributed by atoms with Crippen LogP contribution in [0.2, 0.25) is 5.02 Å². The van der Waals surface area contributed by atoms with Gasteiger partial charge >= 0.3 is 5.97 Å². The molecular weight excluding hydrogens is 610 g/mol. The van der Waals surface area contributed by atoms with E-state index in [4.69, 9.17) is 21.4 Å². The number of hydrogen-bond acceptors (Lipinski definition) is 8. The zero-order chi connectivity index (χ0) is 32.4. The highest BCUT2D eigenvalue weighted by Gasteiger charge is 2.46. The zero-order valence-corrected chi connectivity index (χ0v) is 26.3. The van der Waals surface area contributed by atoms with E-state index >= 15 is 0 Å². The molecule has 12 nitrogen and oxygen atoms in total. The first-order chi connectivity index (χ1) is 22.2. The summed E-state index contributed by atoms with van der Waals surface area (Å²) in [6.45, 7) is 2.04. The van der Waals surface area contributed by atoms with Crippen LogP contribution in [-0.2, 0) is 16.6 Å². The van der Waals surface area contributed by atoms with Gasteiger partial charge in [-0.1, -0.05) is 30.5 Å². The van der Waals surface area contributed by atoms with Crippen LogP contribution in [0.3, 0.4) is 0 Å². The maximum absolute atomic E-state index is 13.7. The van der Waals surface area contributed by atoms with Gasteiger partial charge in [-0.3, -0.25) is 14.9 Å². The van der Waals surface area contributed by atoms with Crippen LogP contribution in [-0.4, -0.2) is 59.5 Å². The number of aliphatic carboxylic acids is 1. The molecule has 6 rings (SSSR count). The van der Waals surface area contributed by atoms with Gasteiger partial charge in [-0.2, -0.15) is 4.98 Å². The van der Waals surface area contributed by atoms with Gasteiger partial charge in [0.1, 0.15) is 5.54 Å². The number of hydrogen-bond donors (Lipinski definition) is 3. The van der Waals surface area contributed by atoms with Gasteiger partial charge in [-0.25, -0.2) is 19.7 Å². The molecule has 238 valence electrons. The van der Waals surface area contributed by atoms with Crippen molar-refractivity contribution in [1.29, 1.82) is 0 Å². The first-order valence-corrected chi connectivity index (χ1v) is 15.7. The summed E-state index contributed by atoms with van der Waals surface area (Å²) >= 11 is 6.09. The molecule has 2 saturated carbocycles. The average Bonchev–Trinajstić information content (AvgIpc) is 3.65. The summed E-state index contributed by atoms with van der Waals surface area (Å²) < 4.78 is 7.57. The Morgan fingerprint density at radius 1 is 1.11 bits per heavy atom.